The molecule has 2 aromatic carbocycles. The van der Waals surface area contributed by atoms with Crippen LogP contribution in [0.15, 0.2) is 47.5 Å². The minimum Gasteiger partial charge on any atom is -0.494 e. The lowest BCUT2D eigenvalue weighted by Crippen LogP contribution is -2.12. The Morgan fingerprint density at radius 3 is 2.65 bits per heavy atom. The highest BCUT2D eigenvalue weighted by atomic mass is 35.5. The van der Waals surface area contributed by atoms with Gasteiger partial charge in [-0.25, -0.2) is 9.38 Å². The van der Waals surface area contributed by atoms with E-state index in [1.54, 1.807) is 12.1 Å². The van der Waals surface area contributed by atoms with Gasteiger partial charge in [0, 0.05) is 0 Å². The van der Waals surface area contributed by atoms with Crippen LogP contribution < -0.4 is 10.5 Å². The molecule has 0 aliphatic rings. The summed E-state index contributed by atoms with van der Waals surface area (Å²) in [4.78, 5) is 4.16. The van der Waals surface area contributed by atoms with E-state index in [4.69, 9.17) is 22.1 Å². The van der Waals surface area contributed by atoms with E-state index in [0.717, 1.165) is 11.1 Å². The van der Waals surface area contributed by atoms with Crippen molar-refractivity contribution < 1.29 is 9.13 Å². The van der Waals surface area contributed by atoms with Gasteiger partial charge < -0.3 is 10.5 Å². The summed E-state index contributed by atoms with van der Waals surface area (Å²) in [6.45, 7) is 0. The Labute approximate surface area is 121 Å². The first-order valence-electron chi connectivity index (χ1n) is 5.97. The maximum atomic E-state index is 13.7. The average Bonchev–Trinajstić information content (AvgIpc) is 2.47. The van der Waals surface area contributed by atoms with Crippen molar-refractivity contribution in [3.05, 3.63) is 48.3 Å². The number of nitrogens with two attached hydrogens (primary N) is 1. The second-order valence-electron chi connectivity index (χ2n) is 4.14. The maximum absolute atomic E-state index is 13.7. The van der Waals surface area contributed by atoms with Crippen LogP contribution in [0.3, 0.4) is 0 Å². The Hall–Kier alpha value is -2.07. The molecule has 0 saturated carbocycles. The normalized spacial score (nSPS) is 11.4. The number of rotatable bonds is 4. The zero-order chi connectivity index (χ0) is 14.5. The molecule has 0 aromatic heterocycles. The molecule has 3 nitrogen and oxygen atoms in total. The number of nitrogens with zero attached hydrogens (tertiary/aromatic N) is 1. The average molecular weight is 293 g/mol. The lowest BCUT2D eigenvalue weighted by Gasteiger charge is -2.06. The number of aliphatic imine (C=N–C) groups is 1. The molecule has 0 bridgehead atoms. The molecule has 0 radical (unpaired) electrons. The van der Waals surface area contributed by atoms with Crippen molar-refractivity contribution in [1.29, 1.82) is 0 Å². The topological polar surface area (TPSA) is 47.6 Å². The Morgan fingerprint density at radius 1 is 1.25 bits per heavy atom. The van der Waals surface area contributed by atoms with Crippen LogP contribution in [0, 0.1) is 5.82 Å². The summed E-state index contributed by atoms with van der Waals surface area (Å²) in [6.07, 6.45) is 0. The summed E-state index contributed by atoms with van der Waals surface area (Å²) in [6, 6.07) is 12.1. The number of hydrogen-bond donors (Lipinski definition) is 1. The van der Waals surface area contributed by atoms with E-state index in [1.807, 2.05) is 24.3 Å². The molecule has 0 aliphatic heterocycles. The van der Waals surface area contributed by atoms with Crippen LogP contribution in [0.5, 0.6) is 5.75 Å². The Morgan fingerprint density at radius 2 is 2.00 bits per heavy atom. The van der Waals surface area contributed by atoms with Gasteiger partial charge in [-0.15, -0.1) is 11.6 Å². The molecular formula is C15H14ClFN2O. The van der Waals surface area contributed by atoms with Gasteiger partial charge in [0.1, 0.15) is 5.84 Å². The molecule has 0 atom stereocenters. The summed E-state index contributed by atoms with van der Waals surface area (Å²) in [5.41, 5.74) is 7.86. The van der Waals surface area contributed by atoms with Gasteiger partial charge in [0.15, 0.2) is 11.6 Å². The fourth-order valence-electron chi connectivity index (χ4n) is 1.80. The van der Waals surface area contributed by atoms with Crippen LogP contribution in [-0.2, 0) is 0 Å². The molecule has 0 fully saturated rings. The monoisotopic (exact) mass is 292 g/mol. The van der Waals surface area contributed by atoms with Crippen molar-refractivity contribution in [2.75, 3.05) is 13.0 Å². The van der Waals surface area contributed by atoms with Crippen molar-refractivity contribution in [1.82, 2.24) is 0 Å². The Kier molecular flexibility index (Phi) is 4.58. The Bertz CT molecular complexity index is 644. The highest BCUT2D eigenvalue weighted by Crippen LogP contribution is 2.28. The summed E-state index contributed by atoms with van der Waals surface area (Å²) >= 11 is 5.59. The van der Waals surface area contributed by atoms with E-state index in [1.165, 1.54) is 13.2 Å². The molecule has 2 aromatic rings. The summed E-state index contributed by atoms with van der Waals surface area (Å²) in [5, 5.41) is 0. The van der Waals surface area contributed by atoms with Gasteiger partial charge in [0.2, 0.25) is 0 Å². The van der Waals surface area contributed by atoms with Crippen molar-refractivity contribution >= 4 is 23.1 Å². The largest absolute Gasteiger partial charge is 0.494 e. The molecule has 2 rings (SSSR count). The summed E-state index contributed by atoms with van der Waals surface area (Å²) < 4.78 is 18.6. The Balaban J connectivity index is 2.38. The van der Waals surface area contributed by atoms with Gasteiger partial charge in [-0.3, -0.25) is 0 Å². The molecule has 0 amide bonds. The highest BCUT2D eigenvalue weighted by molar-refractivity contribution is 6.28. The lowest BCUT2D eigenvalue weighted by molar-refractivity contribution is 0.386. The van der Waals surface area contributed by atoms with Gasteiger partial charge in [0.05, 0.1) is 18.7 Å². The number of halogens is 2. The second-order valence-corrected chi connectivity index (χ2v) is 4.40. The third-order valence-electron chi connectivity index (χ3n) is 2.74. The third-order valence-corrected chi connectivity index (χ3v) is 3.01. The third kappa shape index (κ3) is 3.27. The van der Waals surface area contributed by atoms with Gasteiger partial charge in [-0.1, -0.05) is 18.2 Å². The number of methoxy groups -OCH3 is 1. The zero-order valence-electron chi connectivity index (χ0n) is 10.9. The lowest BCUT2D eigenvalue weighted by atomic mass is 10.0. The first-order chi connectivity index (χ1) is 9.63. The van der Waals surface area contributed by atoms with E-state index in [2.05, 4.69) is 4.99 Å². The minimum absolute atomic E-state index is 0.168. The van der Waals surface area contributed by atoms with Crippen molar-refractivity contribution in [3.8, 4) is 16.9 Å². The SMILES string of the molecule is COc1ccc(-c2cccc(N=C(N)CCl)c2)cc1F. The summed E-state index contributed by atoms with van der Waals surface area (Å²) in [5.74, 6) is 0.319. The van der Waals surface area contributed by atoms with E-state index in [0.29, 0.717) is 11.5 Å². The van der Waals surface area contributed by atoms with Gasteiger partial charge in [-0.05, 0) is 35.4 Å². The fraction of sp³-hybridized carbons (Fsp3) is 0.133. The summed E-state index contributed by atoms with van der Waals surface area (Å²) in [7, 11) is 1.43. The number of amidine groups is 1. The zero-order valence-corrected chi connectivity index (χ0v) is 11.7. The van der Waals surface area contributed by atoms with Gasteiger partial charge in [0.25, 0.3) is 0 Å². The molecule has 0 heterocycles. The molecule has 0 spiro atoms. The van der Waals surface area contributed by atoms with E-state index in [-0.39, 0.29) is 11.6 Å². The van der Waals surface area contributed by atoms with Crippen LogP contribution in [-0.4, -0.2) is 18.8 Å². The molecule has 0 unspecified atom stereocenters. The van der Waals surface area contributed by atoms with Crippen LogP contribution in [0.4, 0.5) is 10.1 Å². The van der Waals surface area contributed by atoms with E-state index < -0.39 is 5.82 Å². The van der Waals surface area contributed by atoms with E-state index >= 15 is 0 Å². The van der Waals surface area contributed by atoms with Crippen molar-refractivity contribution in [2.24, 2.45) is 10.7 Å². The highest BCUT2D eigenvalue weighted by Gasteiger charge is 2.05. The molecule has 0 aliphatic carbocycles. The van der Waals surface area contributed by atoms with Crippen molar-refractivity contribution in [2.45, 2.75) is 0 Å². The van der Waals surface area contributed by atoms with Crippen LogP contribution in [0.1, 0.15) is 0 Å². The second kappa shape index (κ2) is 6.39. The van der Waals surface area contributed by atoms with Crippen LogP contribution in [0.25, 0.3) is 11.1 Å². The molecule has 2 N–H and O–H groups in total. The number of hydrogen-bond acceptors (Lipinski definition) is 2. The molecule has 104 valence electrons. The number of benzene rings is 2. The molecular weight excluding hydrogens is 279 g/mol. The standard InChI is InChI=1S/C15H14ClFN2O/c1-20-14-6-5-11(8-13(14)17)10-3-2-4-12(7-10)19-15(18)9-16/h2-8H,9H2,1H3,(H2,18,19). The molecule has 20 heavy (non-hydrogen) atoms. The van der Waals surface area contributed by atoms with Crippen LogP contribution >= 0.6 is 11.6 Å². The first kappa shape index (κ1) is 14.3. The number of ether oxygens (including phenoxy) is 1. The quantitative estimate of drug-likeness (QED) is 0.530. The predicted molar refractivity (Wildman–Crippen MR) is 80.4 cm³/mol. The molecule has 5 heteroatoms. The first-order valence-corrected chi connectivity index (χ1v) is 6.50. The van der Waals surface area contributed by atoms with Gasteiger partial charge >= 0.3 is 0 Å². The van der Waals surface area contributed by atoms with Crippen molar-refractivity contribution in [3.63, 3.8) is 0 Å². The minimum atomic E-state index is -0.404. The smallest absolute Gasteiger partial charge is 0.165 e. The molecule has 0 saturated heterocycles. The van der Waals surface area contributed by atoms with E-state index in [9.17, 15) is 4.39 Å². The predicted octanol–water partition coefficient (Wildman–Crippen LogP) is 3.73. The maximum Gasteiger partial charge on any atom is 0.165 e. The fourth-order valence-corrected chi connectivity index (χ4v) is 1.86. The van der Waals surface area contributed by atoms with Crippen LogP contribution in [0.2, 0.25) is 0 Å². The number of alkyl halides is 1. The van der Waals surface area contributed by atoms with Gasteiger partial charge in [-0.2, -0.15) is 0 Å².